The van der Waals surface area contributed by atoms with Gasteiger partial charge in [0.2, 0.25) is 0 Å². The van der Waals surface area contributed by atoms with Crippen LogP contribution in [-0.2, 0) is 0 Å². The van der Waals surface area contributed by atoms with Crippen LogP contribution in [0, 0.1) is 22.7 Å². The first-order valence-electron chi connectivity index (χ1n) is 5.17. The Kier molecular flexibility index (Phi) is 3.08. The quantitative estimate of drug-likeness (QED) is 0.776. The van der Waals surface area contributed by atoms with Crippen LogP contribution in [0.2, 0.25) is 0 Å². The van der Waals surface area contributed by atoms with E-state index in [0.29, 0.717) is 11.3 Å². The minimum Gasteiger partial charge on any atom is -0.381 e. The standard InChI is InChI=1S/C13H9N5/c14-7-10(6-9-4-2-1-3-5-9)12-11(8-15)13(16)18-17-12/h1-6H,(H3,16,17,18)/b10-6+. The van der Waals surface area contributed by atoms with Gasteiger partial charge in [0.25, 0.3) is 0 Å². The molecule has 2 rings (SSSR count). The summed E-state index contributed by atoms with van der Waals surface area (Å²) in [7, 11) is 0. The molecule has 2 aromatic rings. The maximum absolute atomic E-state index is 9.15. The number of nitrogen functional groups attached to an aromatic ring is 1. The molecule has 0 aliphatic heterocycles. The molecule has 0 bridgehead atoms. The van der Waals surface area contributed by atoms with Crippen molar-refractivity contribution >= 4 is 17.5 Å². The first kappa shape index (κ1) is 11.4. The second-order valence-electron chi connectivity index (χ2n) is 3.55. The predicted molar refractivity (Wildman–Crippen MR) is 67.6 cm³/mol. The van der Waals surface area contributed by atoms with Gasteiger partial charge in [-0.25, -0.2) is 0 Å². The molecule has 1 aromatic heterocycles. The van der Waals surface area contributed by atoms with Crippen molar-refractivity contribution in [2.24, 2.45) is 0 Å². The first-order chi connectivity index (χ1) is 8.76. The van der Waals surface area contributed by atoms with Crippen molar-refractivity contribution < 1.29 is 0 Å². The van der Waals surface area contributed by atoms with Crippen molar-refractivity contribution in [3.8, 4) is 12.1 Å². The van der Waals surface area contributed by atoms with Gasteiger partial charge in [-0.15, -0.1) is 0 Å². The maximum atomic E-state index is 9.15. The normalized spacial score (nSPS) is 10.7. The summed E-state index contributed by atoms with van der Waals surface area (Å²) in [5.41, 5.74) is 7.27. The van der Waals surface area contributed by atoms with Gasteiger partial charge in [0.15, 0.2) is 5.82 Å². The van der Waals surface area contributed by atoms with E-state index in [-0.39, 0.29) is 11.4 Å². The number of benzene rings is 1. The lowest BCUT2D eigenvalue weighted by atomic mass is 10.1. The Morgan fingerprint density at radius 3 is 2.61 bits per heavy atom. The van der Waals surface area contributed by atoms with Crippen LogP contribution >= 0.6 is 0 Å². The summed E-state index contributed by atoms with van der Waals surface area (Å²) in [6.45, 7) is 0. The van der Waals surface area contributed by atoms with E-state index in [1.807, 2.05) is 42.5 Å². The fraction of sp³-hybridized carbons (Fsp3) is 0. The molecule has 0 saturated carbocycles. The zero-order chi connectivity index (χ0) is 13.0. The zero-order valence-electron chi connectivity index (χ0n) is 9.38. The van der Waals surface area contributed by atoms with Gasteiger partial charge in [0.1, 0.15) is 17.7 Å². The Labute approximate surface area is 104 Å². The topological polar surface area (TPSA) is 102 Å². The number of rotatable bonds is 2. The van der Waals surface area contributed by atoms with Crippen LogP contribution in [0.5, 0.6) is 0 Å². The molecule has 5 nitrogen and oxygen atoms in total. The molecule has 0 saturated heterocycles. The lowest BCUT2D eigenvalue weighted by Crippen LogP contribution is -1.89. The van der Waals surface area contributed by atoms with E-state index >= 15 is 0 Å². The highest BCUT2D eigenvalue weighted by Crippen LogP contribution is 2.22. The summed E-state index contributed by atoms with van der Waals surface area (Å²) in [5, 5.41) is 24.5. The molecule has 0 fully saturated rings. The average Bonchev–Trinajstić information content (AvgIpc) is 2.78. The largest absolute Gasteiger partial charge is 0.381 e. The number of hydrogen-bond donors (Lipinski definition) is 2. The van der Waals surface area contributed by atoms with Crippen LogP contribution < -0.4 is 5.73 Å². The second kappa shape index (κ2) is 4.86. The second-order valence-corrected chi connectivity index (χ2v) is 3.55. The van der Waals surface area contributed by atoms with Gasteiger partial charge < -0.3 is 5.73 Å². The molecule has 0 radical (unpaired) electrons. The van der Waals surface area contributed by atoms with Crippen molar-refractivity contribution in [2.75, 3.05) is 5.73 Å². The molecule has 18 heavy (non-hydrogen) atoms. The molecule has 3 N–H and O–H groups in total. The molecule has 0 aliphatic carbocycles. The zero-order valence-corrected chi connectivity index (χ0v) is 9.38. The predicted octanol–water partition coefficient (Wildman–Crippen LogP) is 1.93. The first-order valence-corrected chi connectivity index (χ1v) is 5.17. The van der Waals surface area contributed by atoms with Gasteiger partial charge >= 0.3 is 0 Å². The molecule has 0 amide bonds. The van der Waals surface area contributed by atoms with E-state index in [1.54, 1.807) is 6.08 Å². The highest BCUT2D eigenvalue weighted by Gasteiger charge is 2.14. The monoisotopic (exact) mass is 235 g/mol. The Bertz CT molecular complexity index is 668. The average molecular weight is 235 g/mol. The van der Waals surface area contributed by atoms with E-state index in [0.717, 1.165) is 5.56 Å². The third-order valence-electron chi connectivity index (χ3n) is 2.41. The fourth-order valence-electron chi connectivity index (χ4n) is 1.54. The van der Waals surface area contributed by atoms with E-state index in [1.165, 1.54) is 0 Å². The van der Waals surface area contributed by atoms with E-state index < -0.39 is 0 Å². The molecular weight excluding hydrogens is 226 g/mol. The van der Waals surface area contributed by atoms with Crippen LogP contribution in [-0.4, -0.2) is 10.2 Å². The summed E-state index contributed by atoms with van der Waals surface area (Å²) >= 11 is 0. The van der Waals surface area contributed by atoms with Crippen molar-refractivity contribution in [3.05, 3.63) is 47.2 Å². The van der Waals surface area contributed by atoms with Crippen molar-refractivity contribution in [3.63, 3.8) is 0 Å². The Morgan fingerprint density at radius 2 is 2.00 bits per heavy atom. The number of nitriles is 2. The summed E-state index contributed by atoms with van der Waals surface area (Å²) < 4.78 is 0. The third kappa shape index (κ3) is 2.06. The van der Waals surface area contributed by atoms with Gasteiger partial charge in [-0.3, -0.25) is 5.10 Å². The molecule has 1 aromatic carbocycles. The van der Waals surface area contributed by atoms with Crippen LogP contribution in [0.3, 0.4) is 0 Å². The minimum absolute atomic E-state index is 0.0988. The summed E-state index contributed by atoms with van der Waals surface area (Å²) in [6, 6.07) is 13.3. The highest BCUT2D eigenvalue weighted by atomic mass is 15.2. The molecule has 0 unspecified atom stereocenters. The van der Waals surface area contributed by atoms with Crippen LogP contribution in [0.15, 0.2) is 30.3 Å². The lowest BCUT2D eigenvalue weighted by Gasteiger charge is -1.96. The van der Waals surface area contributed by atoms with Gasteiger partial charge in [0, 0.05) is 0 Å². The third-order valence-corrected chi connectivity index (χ3v) is 2.41. The maximum Gasteiger partial charge on any atom is 0.163 e. The van der Waals surface area contributed by atoms with Crippen molar-refractivity contribution in [1.82, 2.24) is 10.2 Å². The molecule has 86 valence electrons. The number of allylic oxidation sites excluding steroid dienone is 1. The van der Waals surface area contributed by atoms with E-state index in [9.17, 15) is 0 Å². The summed E-state index contributed by atoms with van der Waals surface area (Å²) in [6.07, 6.45) is 1.67. The Morgan fingerprint density at radius 1 is 1.28 bits per heavy atom. The lowest BCUT2D eigenvalue weighted by molar-refractivity contribution is 1.08. The van der Waals surface area contributed by atoms with Gasteiger partial charge in [-0.1, -0.05) is 30.3 Å². The SMILES string of the molecule is N#C/C(=C\c1ccccc1)c1[nH]nc(N)c1C#N. The number of hydrogen-bond acceptors (Lipinski definition) is 4. The van der Waals surface area contributed by atoms with Crippen LogP contribution in [0.1, 0.15) is 16.8 Å². The number of nitrogens with two attached hydrogens (primary N) is 1. The number of aromatic amines is 1. The van der Waals surface area contributed by atoms with Crippen LogP contribution in [0.25, 0.3) is 11.6 Å². The molecule has 0 spiro atoms. The number of nitrogens with one attached hydrogen (secondary N) is 1. The van der Waals surface area contributed by atoms with E-state index in [2.05, 4.69) is 10.2 Å². The molecule has 0 aliphatic rings. The molecule has 1 heterocycles. The van der Waals surface area contributed by atoms with E-state index in [4.69, 9.17) is 16.3 Å². The minimum atomic E-state index is 0.0988. The van der Waals surface area contributed by atoms with Gasteiger partial charge in [-0.05, 0) is 11.6 Å². The number of H-pyrrole nitrogens is 1. The van der Waals surface area contributed by atoms with Crippen molar-refractivity contribution in [1.29, 1.82) is 10.5 Å². The molecule has 0 atom stereocenters. The number of nitrogens with zero attached hydrogens (tertiary/aromatic N) is 3. The van der Waals surface area contributed by atoms with Crippen molar-refractivity contribution in [2.45, 2.75) is 0 Å². The Balaban J connectivity index is 2.51. The fourth-order valence-corrected chi connectivity index (χ4v) is 1.54. The molecule has 5 heteroatoms. The van der Waals surface area contributed by atoms with Gasteiger partial charge in [0.05, 0.1) is 11.3 Å². The van der Waals surface area contributed by atoms with Crippen LogP contribution in [0.4, 0.5) is 5.82 Å². The highest BCUT2D eigenvalue weighted by molar-refractivity contribution is 5.91. The molecular formula is C13H9N5. The summed E-state index contributed by atoms with van der Waals surface area (Å²) in [5.74, 6) is 0.0988. The number of aromatic nitrogens is 2. The Hall–Kier alpha value is -3.05. The smallest absolute Gasteiger partial charge is 0.163 e. The summed E-state index contributed by atoms with van der Waals surface area (Å²) in [4.78, 5) is 0. The van der Waals surface area contributed by atoms with Gasteiger partial charge in [-0.2, -0.15) is 15.6 Å². The number of anilines is 1.